The van der Waals surface area contributed by atoms with Crippen LogP contribution in [0.3, 0.4) is 0 Å². The molecule has 1 saturated heterocycles. The molecule has 0 N–H and O–H groups in total. The van der Waals surface area contributed by atoms with Gasteiger partial charge in [-0.05, 0) is 67.2 Å². The largest absolute Gasteiger partial charge is 0.370 e. The molecule has 0 aromatic carbocycles. The summed E-state index contributed by atoms with van der Waals surface area (Å²) in [5.41, 5.74) is 1.80. The summed E-state index contributed by atoms with van der Waals surface area (Å²) in [7, 11) is 0. The van der Waals surface area contributed by atoms with E-state index < -0.39 is 0 Å². The van der Waals surface area contributed by atoms with Gasteiger partial charge in [0.15, 0.2) is 0 Å². The van der Waals surface area contributed by atoms with Crippen LogP contribution in [0.15, 0.2) is 6.07 Å². The summed E-state index contributed by atoms with van der Waals surface area (Å²) in [6.07, 6.45) is 2.59. The van der Waals surface area contributed by atoms with Crippen molar-refractivity contribution in [1.29, 1.82) is 0 Å². The lowest BCUT2D eigenvalue weighted by atomic mass is 9.99. The van der Waals surface area contributed by atoms with E-state index in [1.165, 1.54) is 18.5 Å². The van der Waals surface area contributed by atoms with Crippen LogP contribution in [0, 0.1) is 15.5 Å². The van der Waals surface area contributed by atoms with E-state index in [9.17, 15) is 0 Å². The average Bonchev–Trinajstić information content (AvgIpc) is 3.04. The molecule has 3 fully saturated rings. The molecule has 0 bridgehead atoms. The topological polar surface area (TPSA) is 30.4 Å². The minimum Gasteiger partial charge on any atom is -0.370 e. The average molecular weight is 344 g/mol. The zero-order chi connectivity index (χ0) is 11.8. The summed E-state index contributed by atoms with van der Waals surface area (Å²) in [6, 6.07) is 2.75. The SMILES string of the molecule is CC(C)n1nc(I)cc1C1[C@H]2CC3(CO3)C[C@@H]12. The molecule has 1 aromatic heterocycles. The Kier molecular flexibility index (Phi) is 2.07. The second-order valence-electron chi connectivity index (χ2n) is 6.16. The Morgan fingerprint density at radius 2 is 2.12 bits per heavy atom. The molecule has 4 heteroatoms. The highest BCUT2D eigenvalue weighted by Crippen LogP contribution is 2.69. The van der Waals surface area contributed by atoms with Gasteiger partial charge in [0.1, 0.15) is 3.70 Å². The molecule has 1 spiro atoms. The number of nitrogens with zero attached hydrogens (tertiary/aromatic N) is 2. The van der Waals surface area contributed by atoms with Gasteiger partial charge >= 0.3 is 0 Å². The third-order valence-corrected chi connectivity index (χ3v) is 5.19. The van der Waals surface area contributed by atoms with Crippen molar-refractivity contribution >= 4 is 22.6 Å². The maximum absolute atomic E-state index is 5.60. The maximum Gasteiger partial charge on any atom is 0.123 e. The highest BCUT2D eigenvalue weighted by molar-refractivity contribution is 14.1. The summed E-state index contributed by atoms with van der Waals surface area (Å²) >= 11 is 2.33. The van der Waals surface area contributed by atoms with E-state index in [0.717, 1.165) is 28.1 Å². The molecule has 1 aromatic rings. The van der Waals surface area contributed by atoms with Gasteiger partial charge in [-0.15, -0.1) is 0 Å². The first-order chi connectivity index (χ1) is 8.10. The second kappa shape index (κ2) is 3.26. The van der Waals surface area contributed by atoms with Crippen molar-refractivity contribution in [3.63, 3.8) is 0 Å². The van der Waals surface area contributed by atoms with Gasteiger partial charge in [0.05, 0.1) is 12.2 Å². The van der Waals surface area contributed by atoms with Gasteiger partial charge in [0, 0.05) is 17.7 Å². The Labute approximate surface area is 115 Å². The smallest absolute Gasteiger partial charge is 0.123 e. The Morgan fingerprint density at radius 3 is 2.65 bits per heavy atom. The molecule has 2 aliphatic carbocycles. The third kappa shape index (κ3) is 1.52. The van der Waals surface area contributed by atoms with Crippen LogP contribution in [-0.2, 0) is 4.74 Å². The molecule has 0 radical (unpaired) electrons. The fraction of sp³-hybridized carbons (Fsp3) is 0.769. The van der Waals surface area contributed by atoms with Gasteiger partial charge in [0.2, 0.25) is 0 Å². The molecule has 0 amide bonds. The van der Waals surface area contributed by atoms with Gasteiger partial charge < -0.3 is 4.74 Å². The fourth-order valence-corrected chi connectivity index (χ4v) is 4.31. The van der Waals surface area contributed by atoms with Gasteiger partial charge in [-0.2, -0.15) is 5.10 Å². The molecule has 3 nitrogen and oxygen atoms in total. The molecule has 4 atom stereocenters. The Hall–Kier alpha value is -0.100. The van der Waals surface area contributed by atoms with Crippen LogP contribution >= 0.6 is 22.6 Å². The fourth-order valence-electron chi connectivity index (χ4n) is 3.76. The van der Waals surface area contributed by atoms with Gasteiger partial charge in [-0.25, -0.2) is 0 Å². The molecule has 2 heterocycles. The number of ether oxygens (including phenoxy) is 1. The van der Waals surface area contributed by atoms with Crippen molar-refractivity contribution in [3.8, 4) is 0 Å². The van der Waals surface area contributed by atoms with Crippen LogP contribution in [0.4, 0.5) is 0 Å². The molecular formula is C13H17IN2O. The van der Waals surface area contributed by atoms with Gasteiger partial charge in [-0.3, -0.25) is 4.68 Å². The van der Waals surface area contributed by atoms with Crippen molar-refractivity contribution < 1.29 is 4.74 Å². The number of hydrogen-bond donors (Lipinski definition) is 0. The van der Waals surface area contributed by atoms with E-state index in [-0.39, 0.29) is 0 Å². The standard InChI is InChI=1S/C13H17IN2O/c1-7(2)16-10(3-11(14)15-16)12-8-4-13(6-17-13)5-9(8)12/h3,7-9,12H,4-6H2,1-2H3/t8-,9+,12?,13?. The lowest BCUT2D eigenvalue weighted by molar-refractivity contribution is 0.284. The summed E-state index contributed by atoms with van der Waals surface area (Å²) in [4.78, 5) is 0. The van der Waals surface area contributed by atoms with Crippen LogP contribution in [0.5, 0.6) is 0 Å². The third-order valence-electron chi connectivity index (χ3n) is 4.67. The number of hydrogen-bond acceptors (Lipinski definition) is 2. The van der Waals surface area contributed by atoms with E-state index >= 15 is 0 Å². The number of rotatable bonds is 2. The van der Waals surface area contributed by atoms with E-state index in [1.807, 2.05) is 0 Å². The molecule has 92 valence electrons. The molecule has 3 aliphatic rings. The molecule has 2 unspecified atom stereocenters. The van der Waals surface area contributed by atoms with Crippen molar-refractivity contribution in [3.05, 3.63) is 15.5 Å². The minimum absolute atomic E-state index is 0.335. The molecule has 4 rings (SSSR count). The number of aromatic nitrogens is 2. The molecule has 2 saturated carbocycles. The maximum atomic E-state index is 5.60. The van der Waals surface area contributed by atoms with Gasteiger partial charge in [-0.1, -0.05) is 0 Å². The number of halogens is 1. The molecule has 1 aliphatic heterocycles. The Morgan fingerprint density at radius 1 is 1.47 bits per heavy atom. The predicted molar refractivity (Wildman–Crippen MR) is 73.0 cm³/mol. The zero-order valence-electron chi connectivity index (χ0n) is 10.2. The van der Waals surface area contributed by atoms with E-state index in [4.69, 9.17) is 4.74 Å². The lowest BCUT2D eigenvalue weighted by Gasteiger charge is -2.13. The van der Waals surface area contributed by atoms with Crippen LogP contribution in [0.1, 0.15) is 44.3 Å². The minimum atomic E-state index is 0.335. The second-order valence-corrected chi connectivity index (χ2v) is 7.27. The molecular weight excluding hydrogens is 327 g/mol. The highest BCUT2D eigenvalue weighted by Gasteiger charge is 2.67. The Balaban J connectivity index is 1.61. The normalized spacial score (nSPS) is 42.2. The Bertz CT molecular complexity index is 464. The van der Waals surface area contributed by atoms with E-state index in [1.54, 1.807) is 0 Å². The van der Waals surface area contributed by atoms with Crippen molar-refractivity contribution in [2.24, 2.45) is 11.8 Å². The first kappa shape index (κ1) is 10.8. The summed E-state index contributed by atoms with van der Waals surface area (Å²) in [5, 5.41) is 4.62. The van der Waals surface area contributed by atoms with Crippen LogP contribution in [0.2, 0.25) is 0 Å². The lowest BCUT2D eigenvalue weighted by Crippen LogP contribution is -2.12. The summed E-state index contributed by atoms with van der Waals surface area (Å²) in [6.45, 7) is 5.46. The predicted octanol–water partition coefficient (Wildman–Crippen LogP) is 2.96. The first-order valence-corrected chi connectivity index (χ1v) is 7.56. The van der Waals surface area contributed by atoms with Crippen LogP contribution in [0.25, 0.3) is 0 Å². The van der Waals surface area contributed by atoms with E-state index in [2.05, 4.69) is 52.3 Å². The monoisotopic (exact) mass is 344 g/mol. The summed E-state index contributed by atoms with van der Waals surface area (Å²) in [5.74, 6) is 2.52. The first-order valence-electron chi connectivity index (χ1n) is 6.49. The van der Waals surface area contributed by atoms with Crippen molar-refractivity contribution in [2.75, 3.05) is 6.61 Å². The molecule has 17 heavy (non-hydrogen) atoms. The van der Waals surface area contributed by atoms with Crippen LogP contribution in [-0.4, -0.2) is 22.0 Å². The quantitative estimate of drug-likeness (QED) is 0.610. The zero-order valence-corrected chi connectivity index (χ0v) is 12.3. The number of fused-ring (bicyclic) bond motifs is 1. The van der Waals surface area contributed by atoms with Crippen molar-refractivity contribution in [2.45, 2.75) is 44.2 Å². The van der Waals surface area contributed by atoms with Crippen LogP contribution < -0.4 is 0 Å². The van der Waals surface area contributed by atoms with Gasteiger partial charge in [0.25, 0.3) is 0 Å². The highest BCUT2D eigenvalue weighted by atomic mass is 127. The van der Waals surface area contributed by atoms with E-state index in [0.29, 0.717) is 11.6 Å². The van der Waals surface area contributed by atoms with Crippen molar-refractivity contribution in [1.82, 2.24) is 9.78 Å². The number of epoxide rings is 1. The summed E-state index contributed by atoms with van der Waals surface area (Å²) < 4.78 is 8.96.